The van der Waals surface area contributed by atoms with Crippen LogP contribution in [-0.2, 0) is 16.0 Å². The molecule has 0 aliphatic heterocycles. The summed E-state index contributed by atoms with van der Waals surface area (Å²) in [6, 6.07) is 12.1. The monoisotopic (exact) mass is 630 g/mol. The lowest BCUT2D eigenvalue weighted by molar-refractivity contribution is -0.198. The van der Waals surface area contributed by atoms with Crippen LogP contribution in [0.3, 0.4) is 0 Å². The zero-order chi connectivity index (χ0) is 30.9. The van der Waals surface area contributed by atoms with Crippen LogP contribution < -0.4 is 16.2 Å². The van der Waals surface area contributed by atoms with Gasteiger partial charge in [-0.3, -0.25) is 4.79 Å². The lowest BCUT2D eigenvalue weighted by Crippen LogP contribution is -2.34. The average molecular weight is 631 g/mol. The molecule has 0 radical (unpaired) electrons. The van der Waals surface area contributed by atoms with Crippen LogP contribution in [0.2, 0.25) is 5.02 Å². The van der Waals surface area contributed by atoms with E-state index >= 15 is 0 Å². The number of nitrogens with zero attached hydrogens (tertiary/aromatic N) is 4. The van der Waals surface area contributed by atoms with E-state index in [0.29, 0.717) is 16.8 Å². The topological polar surface area (TPSA) is 131 Å². The number of rotatable bonds is 9. The van der Waals surface area contributed by atoms with Gasteiger partial charge in [0, 0.05) is 27.7 Å². The molecule has 14 heteroatoms. The molecule has 0 amide bonds. The Hall–Kier alpha value is -4.20. The van der Waals surface area contributed by atoms with Crippen molar-refractivity contribution < 1.29 is 27.4 Å². The number of ether oxygens (including phenoxy) is 2. The maximum atomic E-state index is 14.6. The first-order valence-corrected chi connectivity index (χ1v) is 14.3. The number of aryl methyl sites for hydroxylation is 1. The average Bonchev–Trinajstić information content (AvgIpc) is 3.58. The molecule has 43 heavy (non-hydrogen) atoms. The van der Waals surface area contributed by atoms with Crippen LogP contribution >= 0.6 is 22.9 Å². The highest BCUT2D eigenvalue weighted by molar-refractivity contribution is 7.18. The standard InChI is InChI=1S/C29H26ClF3N6O3S/c1-3-41-27(40)21(34)12-16-4-6-17(7-5-16)20-14-43-24-23(20)36-28(35)37-26(24)42-25(29(31,32)33)19-9-8-18(30)13-22(19)39-11-10-15(2)38-39/h4-11,13-14,21,25H,3,12,34H2,1-2H3,(H2,35,36,37). The van der Waals surface area contributed by atoms with Gasteiger partial charge in [0.15, 0.2) is 0 Å². The van der Waals surface area contributed by atoms with Crippen molar-refractivity contribution in [3.05, 3.63) is 82.0 Å². The van der Waals surface area contributed by atoms with E-state index in [0.717, 1.165) is 22.5 Å². The van der Waals surface area contributed by atoms with Gasteiger partial charge in [0.25, 0.3) is 0 Å². The van der Waals surface area contributed by atoms with Gasteiger partial charge in [-0.25, -0.2) is 9.67 Å². The number of fused-ring (bicyclic) bond motifs is 1. The number of nitrogens with two attached hydrogens (primary N) is 2. The highest BCUT2D eigenvalue weighted by Crippen LogP contribution is 2.43. The van der Waals surface area contributed by atoms with E-state index in [9.17, 15) is 18.0 Å². The van der Waals surface area contributed by atoms with Crippen LogP contribution in [0.15, 0.2) is 60.1 Å². The Morgan fingerprint density at radius 3 is 2.53 bits per heavy atom. The van der Waals surface area contributed by atoms with Crippen molar-refractivity contribution in [2.24, 2.45) is 5.73 Å². The summed E-state index contributed by atoms with van der Waals surface area (Å²) >= 11 is 7.28. The van der Waals surface area contributed by atoms with Gasteiger partial charge in [-0.1, -0.05) is 41.9 Å². The minimum Gasteiger partial charge on any atom is -0.465 e. The second-order valence-electron chi connectivity index (χ2n) is 9.62. The van der Waals surface area contributed by atoms with Crippen molar-refractivity contribution in [1.82, 2.24) is 19.7 Å². The molecule has 0 aliphatic rings. The Morgan fingerprint density at radius 1 is 1.14 bits per heavy atom. The van der Waals surface area contributed by atoms with E-state index < -0.39 is 24.3 Å². The molecule has 0 aliphatic carbocycles. The minimum atomic E-state index is -4.84. The first-order chi connectivity index (χ1) is 20.4. The van der Waals surface area contributed by atoms with Crippen molar-refractivity contribution >= 4 is 45.1 Å². The van der Waals surface area contributed by atoms with Crippen LogP contribution in [-0.4, -0.2) is 44.5 Å². The third-order valence-corrected chi connectivity index (χ3v) is 7.67. The van der Waals surface area contributed by atoms with Gasteiger partial charge in [0.05, 0.1) is 23.5 Å². The zero-order valence-electron chi connectivity index (χ0n) is 22.9. The molecule has 0 spiro atoms. The van der Waals surface area contributed by atoms with Crippen molar-refractivity contribution in [1.29, 1.82) is 0 Å². The van der Waals surface area contributed by atoms with Crippen LogP contribution in [0.25, 0.3) is 27.0 Å². The number of anilines is 1. The van der Waals surface area contributed by atoms with Gasteiger partial charge < -0.3 is 20.9 Å². The number of esters is 1. The Morgan fingerprint density at radius 2 is 1.88 bits per heavy atom. The number of alkyl halides is 3. The van der Waals surface area contributed by atoms with E-state index in [1.54, 1.807) is 55.8 Å². The number of hydrogen-bond donors (Lipinski definition) is 2. The third-order valence-electron chi connectivity index (χ3n) is 6.48. The molecular weight excluding hydrogens is 605 g/mol. The lowest BCUT2D eigenvalue weighted by atomic mass is 10.0. The SMILES string of the molecule is CCOC(=O)C(N)Cc1ccc(-c2csc3c(OC(c4ccc(Cl)cc4-n4ccc(C)n4)C(F)(F)F)nc(N)nc23)cc1. The van der Waals surface area contributed by atoms with E-state index in [-0.39, 0.29) is 45.8 Å². The largest absolute Gasteiger partial charge is 0.465 e. The molecule has 5 rings (SSSR count). The zero-order valence-corrected chi connectivity index (χ0v) is 24.5. The van der Waals surface area contributed by atoms with Crippen molar-refractivity contribution in [2.45, 2.75) is 38.6 Å². The molecule has 4 N–H and O–H groups in total. The molecule has 3 aromatic heterocycles. The van der Waals surface area contributed by atoms with E-state index in [1.807, 2.05) is 0 Å². The smallest absolute Gasteiger partial charge is 0.429 e. The van der Waals surface area contributed by atoms with Crippen LogP contribution in [0.4, 0.5) is 19.1 Å². The summed E-state index contributed by atoms with van der Waals surface area (Å²) in [5, 5.41) is 6.23. The first kappa shape index (κ1) is 30.3. The molecule has 0 fully saturated rings. The second kappa shape index (κ2) is 12.2. The summed E-state index contributed by atoms with van der Waals surface area (Å²) < 4.78 is 56.0. The maximum absolute atomic E-state index is 14.6. The fourth-order valence-corrected chi connectivity index (χ4v) is 5.62. The molecule has 224 valence electrons. The molecule has 2 atom stereocenters. The van der Waals surface area contributed by atoms with Gasteiger partial charge >= 0.3 is 12.1 Å². The van der Waals surface area contributed by atoms with E-state index in [1.165, 1.54) is 22.9 Å². The molecule has 3 heterocycles. The molecule has 9 nitrogen and oxygen atoms in total. The van der Waals surface area contributed by atoms with Crippen molar-refractivity contribution in [2.75, 3.05) is 12.3 Å². The Labute approximate surface area is 253 Å². The van der Waals surface area contributed by atoms with Gasteiger partial charge in [0.2, 0.25) is 17.9 Å². The quantitative estimate of drug-likeness (QED) is 0.184. The number of carbonyl (C=O) groups is 1. The van der Waals surface area contributed by atoms with Crippen molar-refractivity contribution in [3.63, 3.8) is 0 Å². The van der Waals surface area contributed by atoms with E-state index in [2.05, 4.69) is 15.1 Å². The Balaban J connectivity index is 1.50. The van der Waals surface area contributed by atoms with Crippen LogP contribution in [0.5, 0.6) is 5.88 Å². The molecule has 0 bridgehead atoms. The van der Waals surface area contributed by atoms with Crippen LogP contribution in [0, 0.1) is 6.92 Å². The normalized spacial score (nSPS) is 13.2. The number of halogens is 4. The Kier molecular flexibility index (Phi) is 8.58. The second-order valence-corrected chi connectivity index (χ2v) is 10.9. The lowest BCUT2D eigenvalue weighted by Gasteiger charge is -2.24. The first-order valence-electron chi connectivity index (χ1n) is 13.1. The molecular formula is C29H26ClF3N6O3S. The number of aromatic nitrogens is 4. The number of carbonyl (C=O) groups excluding carboxylic acids is 1. The molecule has 2 unspecified atom stereocenters. The Bertz CT molecular complexity index is 1770. The summed E-state index contributed by atoms with van der Waals surface area (Å²) in [4.78, 5) is 20.2. The summed E-state index contributed by atoms with van der Waals surface area (Å²) in [7, 11) is 0. The van der Waals surface area contributed by atoms with Crippen LogP contribution in [0.1, 0.15) is 29.8 Å². The number of hydrogen-bond acceptors (Lipinski definition) is 9. The summed E-state index contributed by atoms with van der Waals surface area (Å²) in [6.45, 7) is 3.67. The summed E-state index contributed by atoms with van der Waals surface area (Å²) in [6.07, 6.45) is -5.44. The highest BCUT2D eigenvalue weighted by Gasteiger charge is 2.45. The fourth-order valence-electron chi connectivity index (χ4n) is 4.50. The highest BCUT2D eigenvalue weighted by atomic mass is 35.5. The number of benzene rings is 2. The summed E-state index contributed by atoms with van der Waals surface area (Å²) in [5.41, 5.74) is 14.9. The molecule has 2 aromatic carbocycles. The molecule has 0 saturated carbocycles. The van der Waals surface area contributed by atoms with Gasteiger partial charge in [-0.15, -0.1) is 11.3 Å². The number of nitrogen functional groups attached to an aromatic ring is 1. The minimum absolute atomic E-state index is 0.107. The fraction of sp³-hybridized carbons (Fsp3) is 0.241. The van der Waals surface area contributed by atoms with Gasteiger partial charge in [-0.05, 0) is 49.6 Å². The molecule has 0 saturated heterocycles. The molecule has 5 aromatic rings. The third kappa shape index (κ3) is 6.58. The van der Waals surface area contributed by atoms with E-state index in [4.69, 9.17) is 32.5 Å². The maximum Gasteiger partial charge on any atom is 0.429 e. The predicted octanol–water partition coefficient (Wildman–Crippen LogP) is 6.20. The van der Waals surface area contributed by atoms with Gasteiger partial charge in [-0.2, -0.15) is 23.3 Å². The number of thiophene rings is 1. The summed E-state index contributed by atoms with van der Waals surface area (Å²) in [5.74, 6) is -1.05. The van der Waals surface area contributed by atoms with Crippen molar-refractivity contribution in [3.8, 4) is 22.7 Å². The predicted molar refractivity (Wildman–Crippen MR) is 158 cm³/mol. The van der Waals surface area contributed by atoms with Gasteiger partial charge in [0.1, 0.15) is 10.7 Å².